The number of carbonyl (C=O) groups is 1. The molecular weight excluding hydrogens is 246 g/mol. The maximum Gasteiger partial charge on any atom is 0.271 e. The Morgan fingerprint density at radius 1 is 1.42 bits per heavy atom. The number of amides is 1. The highest BCUT2D eigenvalue weighted by atomic mass is 16.6. The Balaban J connectivity index is 2.96. The summed E-state index contributed by atoms with van der Waals surface area (Å²) in [5.74, 6) is -0.351. The van der Waals surface area contributed by atoms with Gasteiger partial charge in [0.15, 0.2) is 0 Å². The fourth-order valence-electron chi connectivity index (χ4n) is 1.46. The lowest BCUT2D eigenvalue weighted by atomic mass is 9.87. The van der Waals surface area contributed by atoms with Gasteiger partial charge in [0.05, 0.1) is 16.7 Å². The summed E-state index contributed by atoms with van der Waals surface area (Å²) in [6, 6.07) is 3.64. The Kier molecular flexibility index (Phi) is 4.26. The standard InChI is InChI=1S/C13H19N3O3/c1-8-5-6-9(16(18)19)7-10(8)15-12(17)11(14)13(2,3)4/h5-7,11H,14H2,1-4H3,(H,15,17)/t11-/m0/s1. The van der Waals surface area contributed by atoms with Crippen molar-refractivity contribution in [3.05, 3.63) is 33.9 Å². The quantitative estimate of drug-likeness (QED) is 0.646. The molecule has 0 unspecified atom stereocenters. The highest BCUT2D eigenvalue weighted by Crippen LogP contribution is 2.24. The number of non-ortho nitro benzene ring substituents is 1. The van der Waals surface area contributed by atoms with Gasteiger partial charge in [0.25, 0.3) is 5.69 Å². The Morgan fingerprint density at radius 3 is 2.47 bits per heavy atom. The molecule has 1 rings (SSSR count). The van der Waals surface area contributed by atoms with Crippen LogP contribution in [0.1, 0.15) is 26.3 Å². The number of nitrogens with one attached hydrogen (secondary N) is 1. The highest BCUT2D eigenvalue weighted by Gasteiger charge is 2.27. The SMILES string of the molecule is Cc1ccc([N+](=O)[O-])cc1NC(=O)[C@H](N)C(C)(C)C. The molecule has 0 aliphatic heterocycles. The highest BCUT2D eigenvalue weighted by molar-refractivity contribution is 5.96. The van der Waals surface area contributed by atoms with Crippen molar-refractivity contribution in [1.29, 1.82) is 0 Å². The first-order valence-corrected chi connectivity index (χ1v) is 5.94. The largest absolute Gasteiger partial charge is 0.324 e. The van der Waals surface area contributed by atoms with Gasteiger partial charge in [-0.15, -0.1) is 0 Å². The second kappa shape index (κ2) is 5.36. The number of hydrogen-bond donors (Lipinski definition) is 2. The van der Waals surface area contributed by atoms with Crippen molar-refractivity contribution in [3.63, 3.8) is 0 Å². The van der Waals surface area contributed by atoms with E-state index < -0.39 is 11.0 Å². The van der Waals surface area contributed by atoms with Crippen molar-refractivity contribution in [3.8, 4) is 0 Å². The molecule has 1 aromatic rings. The number of nitro benzene ring substituents is 1. The Hall–Kier alpha value is -1.95. The van der Waals surface area contributed by atoms with E-state index in [-0.39, 0.29) is 17.0 Å². The molecule has 0 heterocycles. The minimum absolute atomic E-state index is 0.0646. The summed E-state index contributed by atoms with van der Waals surface area (Å²) in [5.41, 5.74) is 6.57. The van der Waals surface area contributed by atoms with Crippen molar-refractivity contribution in [1.82, 2.24) is 0 Å². The average Bonchev–Trinajstić information content (AvgIpc) is 2.29. The van der Waals surface area contributed by atoms with Gasteiger partial charge in [0.1, 0.15) is 0 Å². The second-order valence-electron chi connectivity index (χ2n) is 5.59. The van der Waals surface area contributed by atoms with Crippen LogP contribution in [-0.2, 0) is 4.79 Å². The van der Waals surface area contributed by atoms with Crippen LogP contribution in [0, 0.1) is 22.5 Å². The van der Waals surface area contributed by atoms with E-state index in [1.807, 2.05) is 20.8 Å². The summed E-state index contributed by atoms with van der Waals surface area (Å²) in [5, 5.41) is 13.4. The van der Waals surface area contributed by atoms with Crippen LogP contribution in [0.2, 0.25) is 0 Å². The predicted molar refractivity (Wildman–Crippen MR) is 73.9 cm³/mol. The third-order valence-corrected chi connectivity index (χ3v) is 2.91. The molecule has 0 saturated carbocycles. The molecule has 0 aliphatic rings. The summed E-state index contributed by atoms with van der Waals surface area (Å²) in [6.45, 7) is 7.34. The van der Waals surface area contributed by atoms with Crippen LogP contribution in [0.5, 0.6) is 0 Å². The van der Waals surface area contributed by atoms with E-state index in [1.165, 1.54) is 12.1 Å². The second-order valence-corrected chi connectivity index (χ2v) is 5.59. The summed E-state index contributed by atoms with van der Waals surface area (Å²) >= 11 is 0. The molecule has 0 bridgehead atoms. The van der Waals surface area contributed by atoms with E-state index in [0.717, 1.165) is 5.56 Å². The lowest BCUT2D eigenvalue weighted by Gasteiger charge is -2.26. The van der Waals surface area contributed by atoms with E-state index in [9.17, 15) is 14.9 Å². The first-order valence-electron chi connectivity index (χ1n) is 5.94. The molecule has 6 heteroatoms. The number of anilines is 1. The summed E-state index contributed by atoms with van der Waals surface area (Å²) in [6.07, 6.45) is 0. The van der Waals surface area contributed by atoms with Crippen LogP contribution >= 0.6 is 0 Å². The predicted octanol–water partition coefficient (Wildman–Crippen LogP) is 2.22. The molecule has 1 aromatic carbocycles. The lowest BCUT2D eigenvalue weighted by molar-refractivity contribution is -0.384. The molecule has 104 valence electrons. The molecule has 6 nitrogen and oxygen atoms in total. The lowest BCUT2D eigenvalue weighted by Crippen LogP contribution is -2.45. The van der Waals surface area contributed by atoms with Crippen molar-refractivity contribution in [2.24, 2.45) is 11.1 Å². The maximum absolute atomic E-state index is 12.0. The Labute approximate surface area is 112 Å². The van der Waals surface area contributed by atoms with Gasteiger partial charge in [-0.3, -0.25) is 14.9 Å². The fourth-order valence-corrected chi connectivity index (χ4v) is 1.46. The third-order valence-electron chi connectivity index (χ3n) is 2.91. The third kappa shape index (κ3) is 3.75. The number of hydrogen-bond acceptors (Lipinski definition) is 4. The molecule has 19 heavy (non-hydrogen) atoms. The van der Waals surface area contributed by atoms with Crippen LogP contribution in [0.25, 0.3) is 0 Å². The number of benzene rings is 1. The molecule has 0 radical (unpaired) electrons. The van der Waals surface area contributed by atoms with E-state index in [1.54, 1.807) is 13.0 Å². The summed E-state index contributed by atoms with van der Waals surface area (Å²) in [4.78, 5) is 22.2. The van der Waals surface area contributed by atoms with Gasteiger partial charge >= 0.3 is 0 Å². The number of nitrogens with two attached hydrogens (primary N) is 1. The van der Waals surface area contributed by atoms with Crippen molar-refractivity contribution in [2.45, 2.75) is 33.7 Å². The van der Waals surface area contributed by atoms with Crippen molar-refractivity contribution >= 4 is 17.3 Å². The van der Waals surface area contributed by atoms with E-state index >= 15 is 0 Å². The topological polar surface area (TPSA) is 98.3 Å². The van der Waals surface area contributed by atoms with Gasteiger partial charge < -0.3 is 11.1 Å². The zero-order chi connectivity index (χ0) is 14.8. The van der Waals surface area contributed by atoms with Crippen LogP contribution < -0.4 is 11.1 Å². The van der Waals surface area contributed by atoms with Crippen LogP contribution in [0.3, 0.4) is 0 Å². The summed E-state index contributed by atoms with van der Waals surface area (Å²) < 4.78 is 0. The Bertz CT molecular complexity index is 506. The van der Waals surface area contributed by atoms with Gasteiger partial charge in [-0.1, -0.05) is 26.8 Å². The minimum atomic E-state index is -0.689. The zero-order valence-corrected chi connectivity index (χ0v) is 11.6. The number of nitro groups is 1. The van der Waals surface area contributed by atoms with E-state index in [2.05, 4.69) is 5.32 Å². The van der Waals surface area contributed by atoms with Crippen molar-refractivity contribution < 1.29 is 9.72 Å². The first kappa shape index (κ1) is 15.1. The number of carbonyl (C=O) groups excluding carboxylic acids is 1. The normalized spacial score (nSPS) is 12.9. The zero-order valence-electron chi connectivity index (χ0n) is 11.6. The molecule has 0 aliphatic carbocycles. The molecule has 3 N–H and O–H groups in total. The average molecular weight is 265 g/mol. The van der Waals surface area contributed by atoms with E-state index in [4.69, 9.17) is 5.73 Å². The molecule has 1 atom stereocenters. The van der Waals surface area contributed by atoms with E-state index in [0.29, 0.717) is 5.69 Å². The van der Waals surface area contributed by atoms with Crippen LogP contribution in [0.4, 0.5) is 11.4 Å². The Morgan fingerprint density at radius 2 is 2.00 bits per heavy atom. The molecule has 0 saturated heterocycles. The summed E-state index contributed by atoms with van der Waals surface area (Å²) in [7, 11) is 0. The van der Waals surface area contributed by atoms with Gasteiger partial charge in [0, 0.05) is 12.1 Å². The van der Waals surface area contributed by atoms with Gasteiger partial charge in [-0.2, -0.15) is 0 Å². The van der Waals surface area contributed by atoms with Crippen molar-refractivity contribution in [2.75, 3.05) is 5.32 Å². The number of nitrogens with zero attached hydrogens (tertiary/aromatic N) is 1. The van der Waals surface area contributed by atoms with Crippen LogP contribution in [-0.4, -0.2) is 16.9 Å². The fraction of sp³-hybridized carbons (Fsp3) is 0.462. The van der Waals surface area contributed by atoms with Gasteiger partial charge in [-0.25, -0.2) is 0 Å². The molecule has 0 fully saturated rings. The monoisotopic (exact) mass is 265 g/mol. The number of aryl methyl sites for hydroxylation is 1. The minimum Gasteiger partial charge on any atom is -0.324 e. The van der Waals surface area contributed by atoms with Gasteiger partial charge in [-0.05, 0) is 17.9 Å². The number of rotatable bonds is 3. The molecule has 0 aromatic heterocycles. The molecule has 0 spiro atoms. The maximum atomic E-state index is 12.0. The first-order chi connectivity index (χ1) is 8.62. The van der Waals surface area contributed by atoms with Crippen LogP contribution in [0.15, 0.2) is 18.2 Å². The van der Waals surface area contributed by atoms with Gasteiger partial charge in [0.2, 0.25) is 5.91 Å². The molecular formula is C13H19N3O3. The molecule has 1 amide bonds. The smallest absolute Gasteiger partial charge is 0.271 e.